The zero-order valence-electron chi connectivity index (χ0n) is 16.0. The van der Waals surface area contributed by atoms with Crippen molar-refractivity contribution in [2.75, 3.05) is 25.1 Å². The van der Waals surface area contributed by atoms with E-state index in [2.05, 4.69) is 24.2 Å². The van der Waals surface area contributed by atoms with Gasteiger partial charge in [-0.25, -0.2) is 0 Å². The first kappa shape index (κ1) is 20.8. The highest BCUT2D eigenvalue weighted by Gasteiger charge is 2.09. The summed E-state index contributed by atoms with van der Waals surface area (Å²) >= 11 is 1.15. The molecule has 0 aliphatic heterocycles. The predicted molar refractivity (Wildman–Crippen MR) is 112 cm³/mol. The van der Waals surface area contributed by atoms with Gasteiger partial charge in [0.25, 0.3) is 0 Å². The second kappa shape index (κ2) is 9.52. The zero-order chi connectivity index (χ0) is 20.8. The number of quaternary nitrogens is 1. The molecule has 0 saturated carbocycles. The average Bonchev–Trinajstić information content (AvgIpc) is 3.15. The number of esters is 1. The van der Waals surface area contributed by atoms with Gasteiger partial charge in [0.2, 0.25) is 0 Å². The van der Waals surface area contributed by atoms with Crippen molar-refractivity contribution < 1.29 is 14.8 Å². The van der Waals surface area contributed by atoms with Crippen molar-refractivity contribution in [2.24, 2.45) is 10.2 Å². The molecule has 0 bridgehead atoms. The van der Waals surface area contributed by atoms with Gasteiger partial charge in [-0.05, 0) is 48.8 Å². The van der Waals surface area contributed by atoms with Gasteiger partial charge in [0.1, 0.15) is 5.69 Å². The molecule has 29 heavy (non-hydrogen) atoms. The first-order chi connectivity index (χ1) is 14.0. The summed E-state index contributed by atoms with van der Waals surface area (Å²) in [4.78, 5) is 13.4. The standard InChI is InChI=1S/C19H20N5O4S/c1-3-23(11-10-18(25)28-2)14-6-4-13(5-7-14)20-21-19-16-12-15(24(26)27)8-9-17(16)22-29-19/h4-9,12,24H,3,10-11H2,1-2H3/q-1. The minimum atomic E-state index is -1.25. The van der Waals surface area contributed by atoms with Gasteiger partial charge in [0, 0.05) is 36.3 Å². The van der Waals surface area contributed by atoms with E-state index in [9.17, 15) is 15.2 Å². The van der Waals surface area contributed by atoms with Gasteiger partial charge in [0.05, 0.1) is 24.7 Å². The molecule has 10 heteroatoms. The monoisotopic (exact) mass is 414 g/mol. The molecule has 1 aromatic heterocycles. The lowest BCUT2D eigenvalue weighted by Gasteiger charge is -2.24. The fourth-order valence-corrected chi connectivity index (χ4v) is 3.44. The molecule has 0 atom stereocenters. The van der Waals surface area contributed by atoms with Crippen molar-refractivity contribution in [3.8, 4) is 0 Å². The number of carbonyl (C=O) groups is 1. The maximum Gasteiger partial charge on any atom is 0.307 e. The van der Waals surface area contributed by atoms with Crippen molar-refractivity contribution in [3.63, 3.8) is 0 Å². The zero-order valence-corrected chi connectivity index (χ0v) is 16.8. The molecule has 9 nitrogen and oxygen atoms in total. The minimum Gasteiger partial charge on any atom is -0.628 e. The fraction of sp³-hybridized carbons (Fsp3) is 0.263. The molecule has 1 heterocycles. The molecule has 3 aromatic rings. The van der Waals surface area contributed by atoms with E-state index in [0.29, 0.717) is 34.6 Å². The van der Waals surface area contributed by atoms with Crippen LogP contribution in [0.2, 0.25) is 0 Å². The van der Waals surface area contributed by atoms with Gasteiger partial charge in [0.15, 0.2) is 5.00 Å². The highest BCUT2D eigenvalue weighted by atomic mass is 32.1. The molecule has 3 rings (SSSR count). The van der Waals surface area contributed by atoms with Gasteiger partial charge in [-0.1, -0.05) is 0 Å². The first-order valence-electron chi connectivity index (χ1n) is 8.96. The Hall–Kier alpha value is -2.92. The van der Waals surface area contributed by atoms with Crippen LogP contribution in [0.3, 0.4) is 0 Å². The topological polar surface area (TPSA) is 118 Å². The molecule has 2 aromatic carbocycles. The van der Waals surface area contributed by atoms with Crippen LogP contribution < -0.4 is 10.1 Å². The largest absolute Gasteiger partial charge is 0.628 e. The summed E-state index contributed by atoms with van der Waals surface area (Å²) in [5, 5.41) is 30.5. The Morgan fingerprint density at radius 3 is 2.62 bits per heavy atom. The van der Waals surface area contributed by atoms with E-state index in [0.717, 1.165) is 23.8 Å². The lowest BCUT2D eigenvalue weighted by Crippen LogP contribution is -2.96. The van der Waals surface area contributed by atoms with Crippen LogP contribution in [0.4, 0.5) is 22.1 Å². The van der Waals surface area contributed by atoms with Crippen LogP contribution in [0.15, 0.2) is 52.7 Å². The summed E-state index contributed by atoms with van der Waals surface area (Å²) in [6.07, 6.45) is 0.318. The lowest BCUT2D eigenvalue weighted by molar-refractivity contribution is -0.715. The molecule has 0 saturated heterocycles. The molecule has 152 valence electrons. The van der Waals surface area contributed by atoms with Crippen LogP contribution in [-0.2, 0) is 9.53 Å². The molecule has 0 spiro atoms. The summed E-state index contributed by atoms with van der Waals surface area (Å²) in [7, 11) is 1.38. The third kappa shape index (κ3) is 5.12. The number of nitrogens with zero attached hydrogens (tertiary/aromatic N) is 4. The van der Waals surface area contributed by atoms with E-state index in [4.69, 9.17) is 0 Å². The second-order valence-corrected chi connectivity index (χ2v) is 6.88. The number of methoxy groups -OCH3 is 1. The highest BCUT2D eigenvalue weighted by molar-refractivity contribution is 7.11. The Balaban J connectivity index is 1.74. The van der Waals surface area contributed by atoms with Crippen molar-refractivity contribution in [1.29, 1.82) is 0 Å². The highest BCUT2D eigenvalue weighted by Crippen LogP contribution is 2.33. The van der Waals surface area contributed by atoms with Crippen LogP contribution in [-0.4, -0.2) is 30.5 Å². The maximum absolute atomic E-state index is 11.4. The van der Waals surface area contributed by atoms with Gasteiger partial charge < -0.3 is 25.3 Å². The summed E-state index contributed by atoms with van der Waals surface area (Å²) < 4.78 is 8.94. The third-order valence-electron chi connectivity index (χ3n) is 4.36. The smallest absolute Gasteiger partial charge is 0.307 e. The number of ether oxygens (including phenoxy) is 1. The normalized spacial score (nSPS) is 11.5. The number of nitrogens with one attached hydrogen (secondary N) is 1. The van der Waals surface area contributed by atoms with E-state index in [1.807, 2.05) is 31.2 Å². The van der Waals surface area contributed by atoms with Crippen LogP contribution in [0.1, 0.15) is 13.3 Å². The predicted octanol–water partition coefficient (Wildman–Crippen LogP) is 3.61. The fourth-order valence-electron chi connectivity index (χ4n) is 2.76. The number of fused-ring (bicyclic) bond motifs is 1. The molecule has 0 fully saturated rings. The van der Waals surface area contributed by atoms with Gasteiger partial charge >= 0.3 is 5.97 Å². The van der Waals surface area contributed by atoms with E-state index in [-0.39, 0.29) is 11.7 Å². The minimum absolute atomic E-state index is 0.0742. The molecule has 0 aliphatic rings. The quantitative estimate of drug-likeness (QED) is 0.342. The van der Waals surface area contributed by atoms with Gasteiger partial charge in [-0.3, -0.25) is 4.79 Å². The molecule has 0 radical (unpaired) electrons. The van der Waals surface area contributed by atoms with E-state index < -0.39 is 5.23 Å². The summed E-state index contributed by atoms with van der Waals surface area (Å²) in [5.74, 6) is -0.243. The maximum atomic E-state index is 11.4. The van der Waals surface area contributed by atoms with Crippen LogP contribution in [0.25, 0.3) is 10.9 Å². The van der Waals surface area contributed by atoms with Gasteiger partial charge in [-0.15, -0.1) is 10.2 Å². The number of hydrogen-bond donors (Lipinski definition) is 1. The molecular formula is C19H20N5O4S-. The summed E-state index contributed by atoms with van der Waals surface area (Å²) in [5.41, 5.74) is 2.35. The van der Waals surface area contributed by atoms with Gasteiger partial charge in [-0.2, -0.15) is 4.37 Å². The van der Waals surface area contributed by atoms with Crippen molar-refractivity contribution in [3.05, 3.63) is 52.9 Å². The molecule has 1 N–H and O–H groups in total. The Morgan fingerprint density at radius 1 is 1.21 bits per heavy atom. The molecular weight excluding hydrogens is 394 g/mol. The Bertz CT molecular complexity index is 1000. The average molecular weight is 414 g/mol. The SMILES string of the molecule is CCN(CCC(=O)OC)c1ccc(N=Nc2snc3ccc([NH+]([O-])[O-])cc23)cc1. The number of benzene rings is 2. The molecule has 0 amide bonds. The number of azo groups is 1. The third-order valence-corrected chi connectivity index (χ3v) is 5.12. The van der Waals surface area contributed by atoms with Crippen molar-refractivity contribution in [1.82, 2.24) is 4.37 Å². The summed E-state index contributed by atoms with van der Waals surface area (Å²) in [6.45, 7) is 3.34. The van der Waals surface area contributed by atoms with Crippen LogP contribution in [0.5, 0.6) is 0 Å². The number of aromatic nitrogens is 1. The number of hydrogen-bond acceptors (Lipinski definition) is 9. The first-order valence-corrected chi connectivity index (χ1v) is 9.73. The van der Waals surface area contributed by atoms with Crippen molar-refractivity contribution in [2.45, 2.75) is 13.3 Å². The second-order valence-electron chi connectivity index (χ2n) is 6.13. The number of rotatable bonds is 8. The Kier molecular flexibility index (Phi) is 6.83. The Morgan fingerprint density at radius 2 is 1.97 bits per heavy atom. The Labute approximate surface area is 171 Å². The number of anilines is 1. The number of carbonyl (C=O) groups excluding carboxylic acids is 1. The van der Waals surface area contributed by atoms with E-state index >= 15 is 0 Å². The van der Waals surface area contributed by atoms with Crippen LogP contribution >= 0.6 is 11.5 Å². The van der Waals surface area contributed by atoms with E-state index in [1.54, 1.807) is 6.07 Å². The molecule has 0 unspecified atom stereocenters. The lowest BCUT2D eigenvalue weighted by atomic mass is 10.2. The van der Waals surface area contributed by atoms with Crippen LogP contribution in [0, 0.1) is 10.4 Å². The summed E-state index contributed by atoms with van der Waals surface area (Å²) in [6, 6.07) is 12.0. The molecule has 0 aliphatic carbocycles. The van der Waals surface area contributed by atoms with Crippen molar-refractivity contribution >= 4 is 50.5 Å². The van der Waals surface area contributed by atoms with E-state index in [1.165, 1.54) is 19.2 Å².